The van der Waals surface area contributed by atoms with Gasteiger partial charge in [-0.2, -0.15) is 0 Å². The van der Waals surface area contributed by atoms with Gasteiger partial charge < -0.3 is 24.8 Å². The first-order valence-electron chi connectivity index (χ1n) is 12.8. The van der Waals surface area contributed by atoms with Gasteiger partial charge in [0.05, 0.1) is 19.7 Å². The van der Waals surface area contributed by atoms with E-state index in [2.05, 4.69) is 20.9 Å². The minimum Gasteiger partial charge on any atom is -0.493 e. The minimum absolute atomic E-state index is 0.484. The molecule has 1 aromatic heterocycles. The van der Waals surface area contributed by atoms with E-state index in [1.807, 2.05) is 54.6 Å². The summed E-state index contributed by atoms with van der Waals surface area (Å²) in [4.78, 5) is 29.4. The number of amides is 4. The molecule has 0 bridgehead atoms. The zero-order chi connectivity index (χ0) is 28.6. The van der Waals surface area contributed by atoms with Crippen LogP contribution in [-0.2, 0) is 6.42 Å². The Morgan fingerprint density at radius 3 is 2.17 bits per heavy atom. The van der Waals surface area contributed by atoms with Crippen molar-refractivity contribution in [2.75, 3.05) is 24.9 Å². The van der Waals surface area contributed by atoms with Crippen LogP contribution in [-0.4, -0.2) is 31.3 Å². The number of para-hydroxylation sites is 1. The quantitative estimate of drug-likeness (QED) is 0.193. The van der Waals surface area contributed by atoms with Gasteiger partial charge in [-0.15, -0.1) is 0 Å². The van der Waals surface area contributed by atoms with Gasteiger partial charge in [-0.05, 0) is 60.0 Å². The molecule has 9 heteroatoms. The Morgan fingerprint density at radius 1 is 0.732 bits per heavy atom. The van der Waals surface area contributed by atoms with Crippen molar-refractivity contribution < 1.29 is 23.8 Å². The highest BCUT2D eigenvalue weighted by atomic mass is 16.5. The first-order valence-corrected chi connectivity index (χ1v) is 12.8. The number of hydrogen-bond acceptors (Lipinski definition) is 6. The number of nitrogens with one attached hydrogen (secondary N) is 3. The molecular formula is C32H28N4O5. The van der Waals surface area contributed by atoms with Gasteiger partial charge in [-0.25, -0.2) is 9.59 Å². The Labute approximate surface area is 237 Å². The predicted molar refractivity (Wildman–Crippen MR) is 158 cm³/mol. The molecule has 0 spiro atoms. The zero-order valence-electron chi connectivity index (χ0n) is 22.5. The summed E-state index contributed by atoms with van der Waals surface area (Å²) in [6, 6.07) is 28.2. The molecule has 1 heterocycles. The molecule has 0 aliphatic rings. The van der Waals surface area contributed by atoms with Gasteiger partial charge in [0.2, 0.25) is 0 Å². The molecule has 5 aromatic rings. The van der Waals surface area contributed by atoms with E-state index in [0.717, 1.165) is 16.5 Å². The minimum atomic E-state index is -0.669. The lowest BCUT2D eigenvalue weighted by Crippen LogP contribution is -2.37. The highest BCUT2D eigenvalue weighted by Crippen LogP contribution is 2.37. The number of ether oxygens (including phenoxy) is 3. The van der Waals surface area contributed by atoms with Crippen LogP contribution in [0.25, 0.3) is 10.9 Å². The van der Waals surface area contributed by atoms with Crippen LogP contribution in [0.4, 0.5) is 21.0 Å². The Balaban J connectivity index is 1.19. The fraction of sp³-hybridized carbons (Fsp3) is 0.0938. The molecule has 0 aliphatic carbocycles. The van der Waals surface area contributed by atoms with Gasteiger partial charge in [-0.3, -0.25) is 10.3 Å². The number of fused-ring (bicyclic) bond motifs is 1. The highest BCUT2D eigenvalue weighted by molar-refractivity contribution is 6.05. The maximum Gasteiger partial charge on any atom is 0.327 e. The summed E-state index contributed by atoms with van der Waals surface area (Å²) in [6.07, 6.45) is 2.30. The monoisotopic (exact) mass is 548 g/mol. The zero-order valence-corrected chi connectivity index (χ0v) is 22.5. The first kappa shape index (κ1) is 27.0. The molecule has 206 valence electrons. The fourth-order valence-corrected chi connectivity index (χ4v) is 4.30. The van der Waals surface area contributed by atoms with Crippen molar-refractivity contribution in [3.05, 3.63) is 114 Å². The van der Waals surface area contributed by atoms with E-state index in [4.69, 9.17) is 14.2 Å². The van der Waals surface area contributed by atoms with E-state index in [-0.39, 0.29) is 0 Å². The van der Waals surface area contributed by atoms with Crippen molar-refractivity contribution in [2.24, 2.45) is 0 Å². The molecule has 0 aliphatic heterocycles. The molecule has 0 fully saturated rings. The number of imide groups is 1. The number of carbonyl (C=O) groups is 2. The molecule has 9 nitrogen and oxygen atoms in total. The van der Waals surface area contributed by atoms with Crippen molar-refractivity contribution in [1.29, 1.82) is 0 Å². The topological polar surface area (TPSA) is 111 Å². The van der Waals surface area contributed by atoms with Crippen LogP contribution in [0.3, 0.4) is 0 Å². The third-order valence-corrected chi connectivity index (χ3v) is 6.28. The van der Waals surface area contributed by atoms with E-state index in [9.17, 15) is 9.59 Å². The highest BCUT2D eigenvalue weighted by Gasteiger charge is 2.13. The lowest BCUT2D eigenvalue weighted by Gasteiger charge is -2.13. The van der Waals surface area contributed by atoms with E-state index in [1.54, 1.807) is 62.9 Å². The van der Waals surface area contributed by atoms with Crippen LogP contribution < -0.4 is 30.2 Å². The van der Waals surface area contributed by atoms with Crippen LogP contribution in [0.1, 0.15) is 11.1 Å². The normalized spacial score (nSPS) is 10.5. The van der Waals surface area contributed by atoms with Crippen LogP contribution in [0.5, 0.6) is 23.0 Å². The number of hydrogen-bond donors (Lipinski definition) is 3. The summed E-state index contributed by atoms with van der Waals surface area (Å²) in [5, 5.41) is 8.47. The van der Waals surface area contributed by atoms with Crippen LogP contribution in [0.15, 0.2) is 103 Å². The maximum absolute atomic E-state index is 12.5. The average molecular weight is 549 g/mol. The molecule has 0 unspecified atom stereocenters. The number of pyridine rings is 1. The van der Waals surface area contributed by atoms with Gasteiger partial charge in [0, 0.05) is 29.0 Å². The lowest BCUT2D eigenvalue weighted by atomic mass is 10.0. The number of aromatic nitrogens is 1. The molecule has 4 aromatic carbocycles. The summed E-state index contributed by atoms with van der Waals surface area (Å²) in [5.74, 6) is 2.26. The Kier molecular flexibility index (Phi) is 8.25. The van der Waals surface area contributed by atoms with Gasteiger partial charge in [-0.1, -0.05) is 48.5 Å². The molecule has 0 saturated carbocycles. The molecule has 3 N–H and O–H groups in total. The summed E-state index contributed by atoms with van der Waals surface area (Å²) < 4.78 is 16.8. The second-order valence-electron chi connectivity index (χ2n) is 9.01. The molecule has 4 amide bonds. The largest absolute Gasteiger partial charge is 0.493 e. The van der Waals surface area contributed by atoms with Crippen LogP contribution >= 0.6 is 0 Å². The lowest BCUT2D eigenvalue weighted by molar-refractivity contribution is 0.240. The molecular weight excluding hydrogens is 520 g/mol. The van der Waals surface area contributed by atoms with Crippen molar-refractivity contribution >= 4 is 34.3 Å². The first-order chi connectivity index (χ1) is 20.0. The summed E-state index contributed by atoms with van der Waals surface area (Å²) in [6.45, 7) is 0. The Bertz CT molecular complexity index is 1670. The number of anilines is 2. The second kappa shape index (κ2) is 12.5. The molecule has 5 rings (SSSR count). The number of benzene rings is 4. The molecule has 0 radical (unpaired) electrons. The van der Waals surface area contributed by atoms with Crippen molar-refractivity contribution in [2.45, 2.75) is 6.42 Å². The van der Waals surface area contributed by atoms with Gasteiger partial charge >= 0.3 is 12.1 Å². The van der Waals surface area contributed by atoms with Gasteiger partial charge in [0.1, 0.15) is 11.5 Å². The third kappa shape index (κ3) is 6.72. The number of urea groups is 2. The van der Waals surface area contributed by atoms with Gasteiger partial charge in [0.25, 0.3) is 0 Å². The summed E-state index contributed by atoms with van der Waals surface area (Å²) in [7, 11) is 3.13. The van der Waals surface area contributed by atoms with Crippen molar-refractivity contribution in [3.8, 4) is 23.0 Å². The van der Waals surface area contributed by atoms with Crippen LogP contribution in [0.2, 0.25) is 0 Å². The summed E-state index contributed by atoms with van der Waals surface area (Å²) >= 11 is 0. The van der Waals surface area contributed by atoms with Gasteiger partial charge in [0.15, 0.2) is 11.5 Å². The molecule has 41 heavy (non-hydrogen) atoms. The van der Waals surface area contributed by atoms with Crippen molar-refractivity contribution in [1.82, 2.24) is 10.3 Å². The molecule has 0 atom stereocenters. The van der Waals surface area contributed by atoms with E-state index >= 15 is 0 Å². The van der Waals surface area contributed by atoms with E-state index in [1.165, 1.54) is 0 Å². The second-order valence-corrected chi connectivity index (χ2v) is 9.01. The number of carbonyl (C=O) groups excluding carboxylic acids is 2. The Hall–Kier alpha value is -5.57. The molecule has 0 saturated heterocycles. The predicted octanol–water partition coefficient (Wildman–Crippen LogP) is 6.99. The third-order valence-electron chi connectivity index (χ3n) is 6.28. The smallest absolute Gasteiger partial charge is 0.327 e. The SMILES string of the molecule is COc1cc2nccc(Oc3ccc(NC(=O)NC(=O)Nc4ccccc4Cc4ccccc4)cc3)c2cc1OC. The van der Waals surface area contributed by atoms with E-state index in [0.29, 0.717) is 46.3 Å². The Morgan fingerprint density at radius 2 is 1.41 bits per heavy atom. The van der Waals surface area contributed by atoms with Crippen molar-refractivity contribution in [3.63, 3.8) is 0 Å². The maximum atomic E-state index is 12.5. The standard InChI is InChI=1S/C32H28N4O5/c1-39-29-19-25-27(20-30(29)40-2)33-17-16-28(25)41-24-14-12-23(13-15-24)34-31(37)36-32(38)35-26-11-7-6-10-22(26)18-21-8-4-3-5-9-21/h3-17,19-20H,18H2,1-2H3,(H3,34,35,36,37,38). The number of methoxy groups -OCH3 is 2. The van der Waals surface area contributed by atoms with E-state index < -0.39 is 12.1 Å². The fourth-order valence-electron chi connectivity index (χ4n) is 4.30. The van der Waals surface area contributed by atoms with Crippen LogP contribution in [0, 0.1) is 0 Å². The summed E-state index contributed by atoms with van der Waals surface area (Å²) in [5.41, 5.74) is 3.85. The number of rotatable bonds is 8. The number of nitrogens with zero attached hydrogens (tertiary/aromatic N) is 1. The average Bonchev–Trinajstić information content (AvgIpc) is 2.99.